The van der Waals surface area contributed by atoms with Gasteiger partial charge in [0, 0.05) is 6.42 Å². The fraction of sp³-hybridized carbons (Fsp3) is 0.556. The van der Waals surface area contributed by atoms with E-state index in [-0.39, 0.29) is 5.92 Å². The third-order valence-electron chi connectivity index (χ3n) is 1.43. The molecule has 1 nitrogen and oxygen atoms in total. The van der Waals surface area contributed by atoms with Gasteiger partial charge in [-0.05, 0) is 12.8 Å². The number of aliphatic hydroxyl groups is 1. The zero-order valence-corrected chi connectivity index (χ0v) is 6.59. The SMILES string of the molecule is C=C[C@H](O)[C@@H](C)CC#CC. The van der Waals surface area contributed by atoms with Crippen molar-refractivity contribution in [1.29, 1.82) is 0 Å². The van der Waals surface area contributed by atoms with E-state index in [1.165, 1.54) is 0 Å². The average molecular weight is 138 g/mol. The van der Waals surface area contributed by atoms with Gasteiger partial charge in [-0.25, -0.2) is 0 Å². The van der Waals surface area contributed by atoms with E-state index in [1.54, 1.807) is 13.0 Å². The summed E-state index contributed by atoms with van der Waals surface area (Å²) in [5.41, 5.74) is 0. The number of aliphatic hydroxyl groups excluding tert-OH is 1. The first kappa shape index (κ1) is 9.26. The largest absolute Gasteiger partial charge is 0.389 e. The van der Waals surface area contributed by atoms with Gasteiger partial charge in [-0.1, -0.05) is 13.0 Å². The topological polar surface area (TPSA) is 20.2 Å². The van der Waals surface area contributed by atoms with Crippen LogP contribution in [0.15, 0.2) is 12.7 Å². The number of hydrogen-bond acceptors (Lipinski definition) is 1. The highest BCUT2D eigenvalue weighted by Gasteiger charge is 2.07. The van der Waals surface area contributed by atoms with Crippen LogP contribution in [0.25, 0.3) is 0 Å². The van der Waals surface area contributed by atoms with E-state index in [2.05, 4.69) is 18.4 Å². The van der Waals surface area contributed by atoms with Crippen LogP contribution >= 0.6 is 0 Å². The maximum absolute atomic E-state index is 9.17. The van der Waals surface area contributed by atoms with Crippen molar-refractivity contribution in [3.63, 3.8) is 0 Å². The molecule has 0 aliphatic carbocycles. The van der Waals surface area contributed by atoms with Gasteiger partial charge in [0.05, 0.1) is 6.10 Å². The molecule has 0 heterocycles. The van der Waals surface area contributed by atoms with E-state index < -0.39 is 6.10 Å². The van der Waals surface area contributed by atoms with Crippen LogP contribution < -0.4 is 0 Å². The molecule has 1 heteroatoms. The summed E-state index contributed by atoms with van der Waals surface area (Å²) < 4.78 is 0. The van der Waals surface area contributed by atoms with Crippen LogP contribution in [0.2, 0.25) is 0 Å². The second-order valence-corrected chi connectivity index (χ2v) is 2.33. The van der Waals surface area contributed by atoms with E-state index in [4.69, 9.17) is 5.11 Å². The van der Waals surface area contributed by atoms with Crippen molar-refractivity contribution < 1.29 is 5.11 Å². The normalized spacial score (nSPS) is 14.7. The lowest BCUT2D eigenvalue weighted by atomic mass is 10.0. The van der Waals surface area contributed by atoms with Gasteiger partial charge in [0.1, 0.15) is 0 Å². The summed E-state index contributed by atoms with van der Waals surface area (Å²) in [6, 6.07) is 0. The molecule has 0 aliphatic heterocycles. The summed E-state index contributed by atoms with van der Waals surface area (Å²) in [6.45, 7) is 7.25. The second-order valence-electron chi connectivity index (χ2n) is 2.33. The Labute approximate surface area is 62.8 Å². The van der Waals surface area contributed by atoms with E-state index in [9.17, 15) is 0 Å². The minimum Gasteiger partial charge on any atom is -0.389 e. The predicted octanol–water partition coefficient (Wildman–Crippen LogP) is 1.58. The van der Waals surface area contributed by atoms with Gasteiger partial charge in [-0.2, -0.15) is 0 Å². The maximum atomic E-state index is 9.17. The van der Waals surface area contributed by atoms with Gasteiger partial charge >= 0.3 is 0 Å². The number of hydrogen-bond donors (Lipinski definition) is 1. The van der Waals surface area contributed by atoms with E-state index in [0.29, 0.717) is 0 Å². The Morgan fingerprint density at radius 1 is 1.70 bits per heavy atom. The smallest absolute Gasteiger partial charge is 0.0752 e. The molecule has 0 rings (SSSR count). The van der Waals surface area contributed by atoms with Crippen molar-refractivity contribution in [2.75, 3.05) is 0 Å². The van der Waals surface area contributed by atoms with Crippen LogP contribution in [0.4, 0.5) is 0 Å². The molecule has 0 amide bonds. The Bertz CT molecular complexity index is 150. The molecule has 0 radical (unpaired) electrons. The molecule has 10 heavy (non-hydrogen) atoms. The van der Waals surface area contributed by atoms with E-state index >= 15 is 0 Å². The molecule has 0 aliphatic rings. The Hall–Kier alpha value is -0.740. The molecule has 0 fully saturated rings. The van der Waals surface area contributed by atoms with Crippen molar-refractivity contribution in [1.82, 2.24) is 0 Å². The van der Waals surface area contributed by atoms with Crippen LogP contribution in [0.5, 0.6) is 0 Å². The average Bonchev–Trinajstić information content (AvgIpc) is 1.98. The molecule has 0 aromatic rings. The van der Waals surface area contributed by atoms with Gasteiger partial charge in [0.2, 0.25) is 0 Å². The molecule has 0 unspecified atom stereocenters. The Morgan fingerprint density at radius 3 is 2.70 bits per heavy atom. The molecule has 0 bridgehead atoms. The molecular weight excluding hydrogens is 124 g/mol. The van der Waals surface area contributed by atoms with Gasteiger partial charge in [0.15, 0.2) is 0 Å². The standard InChI is InChI=1S/C9H14O/c1-4-6-7-8(3)9(10)5-2/h5,8-10H,2,7H2,1,3H3/t8-,9-/m0/s1. The van der Waals surface area contributed by atoms with Crippen LogP contribution in [-0.2, 0) is 0 Å². The molecule has 0 spiro atoms. The molecule has 0 saturated heterocycles. The number of rotatable bonds is 3. The van der Waals surface area contributed by atoms with Crippen LogP contribution in [0.3, 0.4) is 0 Å². The van der Waals surface area contributed by atoms with Crippen molar-refractivity contribution in [3.05, 3.63) is 12.7 Å². The molecule has 0 aromatic carbocycles. The molecule has 56 valence electrons. The monoisotopic (exact) mass is 138 g/mol. The van der Waals surface area contributed by atoms with E-state index in [1.807, 2.05) is 6.92 Å². The Kier molecular flexibility index (Phi) is 4.70. The van der Waals surface area contributed by atoms with Gasteiger partial charge < -0.3 is 5.11 Å². The fourth-order valence-electron chi connectivity index (χ4n) is 0.616. The van der Waals surface area contributed by atoms with Crippen LogP contribution in [0.1, 0.15) is 20.3 Å². The van der Waals surface area contributed by atoms with Crippen molar-refractivity contribution in [2.24, 2.45) is 5.92 Å². The highest BCUT2D eigenvalue weighted by Crippen LogP contribution is 2.07. The van der Waals surface area contributed by atoms with Crippen LogP contribution in [0, 0.1) is 17.8 Å². The van der Waals surface area contributed by atoms with Crippen molar-refractivity contribution >= 4 is 0 Å². The third-order valence-corrected chi connectivity index (χ3v) is 1.43. The van der Waals surface area contributed by atoms with E-state index in [0.717, 1.165) is 6.42 Å². The van der Waals surface area contributed by atoms with Gasteiger partial charge in [-0.15, -0.1) is 18.4 Å². The molecule has 0 saturated carbocycles. The Balaban J connectivity index is 3.67. The summed E-state index contributed by atoms with van der Waals surface area (Å²) >= 11 is 0. The molecule has 0 aromatic heterocycles. The quantitative estimate of drug-likeness (QED) is 0.463. The van der Waals surface area contributed by atoms with Gasteiger partial charge in [-0.3, -0.25) is 0 Å². The van der Waals surface area contributed by atoms with Crippen molar-refractivity contribution in [2.45, 2.75) is 26.4 Å². The zero-order chi connectivity index (χ0) is 7.98. The molecular formula is C9H14O. The summed E-state index contributed by atoms with van der Waals surface area (Å²) in [7, 11) is 0. The summed E-state index contributed by atoms with van der Waals surface area (Å²) in [4.78, 5) is 0. The lowest BCUT2D eigenvalue weighted by Crippen LogP contribution is -2.13. The Morgan fingerprint density at radius 2 is 2.30 bits per heavy atom. The first-order valence-corrected chi connectivity index (χ1v) is 3.42. The highest BCUT2D eigenvalue weighted by atomic mass is 16.3. The summed E-state index contributed by atoms with van der Waals surface area (Å²) in [5, 5.41) is 9.17. The fourth-order valence-corrected chi connectivity index (χ4v) is 0.616. The molecule has 1 N–H and O–H groups in total. The maximum Gasteiger partial charge on any atom is 0.0752 e. The lowest BCUT2D eigenvalue weighted by molar-refractivity contribution is 0.165. The summed E-state index contributed by atoms with van der Waals surface area (Å²) in [6.07, 6.45) is 1.87. The van der Waals surface area contributed by atoms with Crippen molar-refractivity contribution in [3.8, 4) is 11.8 Å². The first-order chi connectivity index (χ1) is 4.72. The summed E-state index contributed by atoms with van der Waals surface area (Å²) in [5.74, 6) is 5.89. The lowest BCUT2D eigenvalue weighted by Gasteiger charge is -2.10. The zero-order valence-electron chi connectivity index (χ0n) is 6.59. The second kappa shape index (κ2) is 5.08. The van der Waals surface area contributed by atoms with Crippen LogP contribution in [-0.4, -0.2) is 11.2 Å². The minimum absolute atomic E-state index is 0.199. The predicted molar refractivity (Wildman–Crippen MR) is 43.4 cm³/mol. The minimum atomic E-state index is -0.416. The first-order valence-electron chi connectivity index (χ1n) is 3.42. The molecule has 2 atom stereocenters. The van der Waals surface area contributed by atoms with Gasteiger partial charge in [0.25, 0.3) is 0 Å². The highest BCUT2D eigenvalue weighted by molar-refractivity contribution is 4.98. The third kappa shape index (κ3) is 3.32.